The zero-order chi connectivity index (χ0) is 12.1. The summed E-state index contributed by atoms with van der Waals surface area (Å²) in [6.07, 6.45) is 0. The molecular weight excluding hydrogens is 240 g/mol. The Kier molecular flexibility index (Phi) is 3.77. The van der Waals surface area contributed by atoms with Crippen LogP contribution in [-0.4, -0.2) is 11.1 Å². The van der Waals surface area contributed by atoms with Gasteiger partial charge in [-0.25, -0.2) is 0 Å². The van der Waals surface area contributed by atoms with Crippen LogP contribution >= 0.6 is 11.6 Å². The first-order valence-corrected chi connectivity index (χ1v) is 5.66. The molecule has 0 aliphatic rings. The Bertz CT molecular complexity index is 496. The number of halogens is 1. The van der Waals surface area contributed by atoms with Crippen LogP contribution in [0.15, 0.2) is 40.9 Å². The maximum Gasteiger partial charge on any atom is 0.251 e. The number of hydrogen-bond acceptors (Lipinski definition) is 3. The number of carbonyl (C=O) groups excluding carboxylic acids is 1. The van der Waals surface area contributed by atoms with E-state index in [9.17, 15) is 4.79 Å². The molecule has 0 fully saturated rings. The molecule has 88 valence electrons. The Labute approximate surface area is 104 Å². The van der Waals surface area contributed by atoms with E-state index in [-0.39, 0.29) is 5.91 Å². The summed E-state index contributed by atoms with van der Waals surface area (Å²) in [5, 5.41) is 6.46. The van der Waals surface area contributed by atoms with E-state index in [2.05, 4.69) is 10.5 Å². The summed E-state index contributed by atoms with van der Waals surface area (Å²) in [5.41, 5.74) is 1.28. The van der Waals surface area contributed by atoms with Gasteiger partial charge in [0.05, 0.1) is 18.1 Å². The monoisotopic (exact) mass is 250 g/mol. The van der Waals surface area contributed by atoms with Crippen LogP contribution in [0.25, 0.3) is 0 Å². The van der Waals surface area contributed by atoms with Gasteiger partial charge in [-0.05, 0) is 12.1 Å². The largest absolute Gasteiger partial charge is 0.359 e. The van der Waals surface area contributed by atoms with Crippen molar-refractivity contribution < 1.29 is 9.32 Å². The Balaban J connectivity index is 1.92. The van der Waals surface area contributed by atoms with Crippen LogP contribution in [0, 0.1) is 0 Å². The zero-order valence-corrected chi connectivity index (χ0v) is 9.78. The van der Waals surface area contributed by atoms with Crippen LogP contribution in [-0.2, 0) is 12.4 Å². The summed E-state index contributed by atoms with van der Waals surface area (Å²) in [5.74, 6) is 0.746. The average molecular weight is 251 g/mol. The van der Waals surface area contributed by atoms with Gasteiger partial charge in [-0.15, -0.1) is 11.6 Å². The van der Waals surface area contributed by atoms with E-state index in [1.807, 2.05) is 18.2 Å². The molecule has 0 unspecified atom stereocenters. The maximum absolute atomic E-state index is 11.7. The van der Waals surface area contributed by atoms with Crippen molar-refractivity contribution in [2.45, 2.75) is 12.4 Å². The molecule has 0 aliphatic carbocycles. The first kappa shape index (κ1) is 11.7. The van der Waals surface area contributed by atoms with Gasteiger partial charge < -0.3 is 9.84 Å². The highest BCUT2D eigenvalue weighted by atomic mass is 35.5. The average Bonchev–Trinajstić information content (AvgIpc) is 2.85. The van der Waals surface area contributed by atoms with Crippen LogP contribution in [0.4, 0.5) is 0 Å². The molecule has 5 heteroatoms. The van der Waals surface area contributed by atoms with Crippen LogP contribution < -0.4 is 5.32 Å². The fourth-order valence-electron chi connectivity index (χ4n) is 1.36. The minimum Gasteiger partial charge on any atom is -0.359 e. The van der Waals surface area contributed by atoms with Crippen LogP contribution in [0.2, 0.25) is 0 Å². The van der Waals surface area contributed by atoms with Gasteiger partial charge in [0.15, 0.2) is 5.76 Å². The van der Waals surface area contributed by atoms with Crippen LogP contribution in [0.5, 0.6) is 0 Å². The summed E-state index contributed by atoms with van der Waals surface area (Å²) < 4.78 is 4.99. The molecule has 1 amide bonds. The molecule has 1 aromatic carbocycles. The minimum atomic E-state index is -0.144. The van der Waals surface area contributed by atoms with E-state index in [0.717, 1.165) is 0 Å². The van der Waals surface area contributed by atoms with E-state index in [1.54, 1.807) is 18.2 Å². The van der Waals surface area contributed by atoms with Crippen molar-refractivity contribution in [3.63, 3.8) is 0 Å². The number of nitrogens with zero attached hydrogens (tertiary/aromatic N) is 1. The molecule has 0 aliphatic heterocycles. The van der Waals surface area contributed by atoms with Gasteiger partial charge in [0.1, 0.15) is 0 Å². The van der Waals surface area contributed by atoms with Crippen LogP contribution in [0.1, 0.15) is 21.8 Å². The van der Waals surface area contributed by atoms with Crippen molar-refractivity contribution in [3.05, 3.63) is 53.4 Å². The van der Waals surface area contributed by atoms with Gasteiger partial charge in [0.25, 0.3) is 5.91 Å². The van der Waals surface area contributed by atoms with Crippen molar-refractivity contribution in [1.29, 1.82) is 0 Å². The Hall–Kier alpha value is -1.81. The molecule has 0 spiro atoms. The lowest BCUT2D eigenvalue weighted by molar-refractivity contribution is 0.0947. The normalized spacial score (nSPS) is 10.2. The number of alkyl halides is 1. The predicted molar refractivity (Wildman–Crippen MR) is 63.7 cm³/mol. The third-order valence-corrected chi connectivity index (χ3v) is 2.48. The van der Waals surface area contributed by atoms with Crippen LogP contribution in [0.3, 0.4) is 0 Å². The number of rotatable bonds is 4. The number of aromatic nitrogens is 1. The fourth-order valence-corrected chi connectivity index (χ4v) is 1.49. The van der Waals surface area contributed by atoms with E-state index in [4.69, 9.17) is 16.1 Å². The van der Waals surface area contributed by atoms with E-state index in [0.29, 0.717) is 29.4 Å². The summed E-state index contributed by atoms with van der Waals surface area (Å²) in [6, 6.07) is 10.7. The second-order valence-corrected chi connectivity index (χ2v) is 3.73. The number of hydrogen-bond donors (Lipinski definition) is 1. The highest BCUT2D eigenvalue weighted by Crippen LogP contribution is 2.06. The first-order valence-electron chi connectivity index (χ1n) is 5.13. The molecule has 0 bridgehead atoms. The summed E-state index contributed by atoms with van der Waals surface area (Å²) >= 11 is 5.59. The number of nitrogens with one attached hydrogen (secondary N) is 1. The number of benzene rings is 1. The van der Waals surface area contributed by atoms with Crippen molar-refractivity contribution in [1.82, 2.24) is 10.5 Å². The molecule has 0 saturated carbocycles. The highest BCUT2D eigenvalue weighted by Gasteiger charge is 2.07. The molecule has 1 heterocycles. The van der Waals surface area contributed by atoms with Gasteiger partial charge >= 0.3 is 0 Å². The van der Waals surface area contributed by atoms with Crippen molar-refractivity contribution in [2.24, 2.45) is 0 Å². The molecule has 0 atom stereocenters. The second-order valence-electron chi connectivity index (χ2n) is 3.47. The highest BCUT2D eigenvalue weighted by molar-refractivity contribution is 6.16. The van der Waals surface area contributed by atoms with Gasteiger partial charge in [-0.1, -0.05) is 23.4 Å². The van der Waals surface area contributed by atoms with Crippen molar-refractivity contribution in [2.75, 3.05) is 0 Å². The third kappa shape index (κ3) is 3.07. The molecule has 1 N–H and O–H groups in total. The fraction of sp³-hybridized carbons (Fsp3) is 0.167. The van der Waals surface area contributed by atoms with E-state index < -0.39 is 0 Å². The molecule has 0 saturated heterocycles. The standard InChI is InChI=1S/C12H11ClN2O2/c13-7-10-6-11(17-15-10)8-14-12(16)9-4-2-1-3-5-9/h1-6H,7-8H2,(H,14,16). The smallest absolute Gasteiger partial charge is 0.251 e. The summed E-state index contributed by atoms with van der Waals surface area (Å²) in [4.78, 5) is 11.7. The Morgan fingerprint density at radius 1 is 1.35 bits per heavy atom. The first-order chi connectivity index (χ1) is 8.29. The molecule has 0 radical (unpaired) electrons. The van der Waals surface area contributed by atoms with Crippen molar-refractivity contribution >= 4 is 17.5 Å². The van der Waals surface area contributed by atoms with E-state index >= 15 is 0 Å². The van der Waals surface area contributed by atoms with E-state index in [1.165, 1.54) is 0 Å². The summed E-state index contributed by atoms with van der Waals surface area (Å²) in [7, 11) is 0. The topological polar surface area (TPSA) is 55.1 Å². The van der Waals surface area contributed by atoms with Gasteiger partial charge in [-0.2, -0.15) is 0 Å². The molecule has 2 rings (SSSR count). The lowest BCUT2D eigenvalue weighted by atomic mass is 10.2. The number of amides is 1. The Morgan fingerprint density at radius 2 is 2.12 bits per heavy atom. The van der Waals surface area contributed by atoms with Gasteiger partial charge in [0.2, 0.25) is 0 Å². The zero-order valence-electron chi connectivity index (χ0n) is 9.02. The lowest BCUT2D eigenvalue weighted by Crippen LogP contribution is -2.22. The maximum atomic E-state index is 11.7. The molecule has 4 nitrogen and oxygen atoms in total. The second kappa shape index (κ2) is 5.50. The third-order valence-electron chi connectivity index (χ3n) is 2.20. The van der Waals surface area contributed by atoms with Gasteiger partial charge in [0, 0.05) is 11.6 Å². The lowest BCUT2D eigenvalue weighted by Gasteiger charge is -2.01. The van der Waals surface area contributed by atoms with Gasteiger partial charge in [-0.3, -0.25) is 4.79 Å². The Morgan fingerprint density at radius 3 is 2.76 bits per heavy atom. The minimum absolute atomic E-state index is 0.144. The summed E-state index contributed by atoms with van der Waals surface area (Å²) in [6.45, 7) is 0.303. The quantitative estimate of drug-likeness (QED) is 0.848. The molecule has 1 aromatic heterocycles. The molecular formula is C12H11ClN2O2. The number of carbonyl (C=O) groups is 1. The molecule has 17 heavy (non-hydrogen) atoms. The SMILES string of the molecule is O=C(NCc1cc(CCl)no1)c1ccccc1. The van der Waals surface area contributed by atoms with Crippen molar-refractivity contribution in [3.8, 4) is 0 Å². The predicted octanol–water partition coefficient (Wildman–Crippen LogP) is 2.34. The molecule has 2 aromatic rings.